The molecule has 1 saturated heterocycles. The molecule has 0 N–H and O–H groups in total. The third-order valence-corrected chi connectivity index (χ3v) is 6.52. The maximum atomic E-state index is 13.5. The van der Waals surface area contributed by atoms with E-state index in [2.05, 4.69) is 36.7 Å². The second-order valence-corrected chi connectivity index (χ2v) is 9.71. The molecule has 1 amide bonds. The minimum Gasteiger partial charge on any atom is -0.464 e. The fourth-order valence-electron chi connectivity index (χ4n) is 4.43. The summed E-state index contributed by atoms with van der Waals surface area (Å²) in [5, 5.41) is 0. The van der Waals surface area contributed by atoms with Crippen LogP contribution in [0.1, 0.15) is 86.9 Å². The average Bonchev–Trinajstić information content (AvgIpc) is 3.21. The van der Waals surface area contributed by atoms with Gasteiger partial charge in [0, 0.05) is 25.3 Å². The Bertz CT molecular complexity index is 820. The van der Waals surface area contributed by atoms with Crippen LogP contribution in [0.3, 0.4) is 0 Å². The molecule has 3 heterocycles. The molecule has 2 aromatic heterocycles. The molecule has 0 spiro atoms. The standard InChI is InChI=1S/C27H41N3O2/c1-5-6-7-8-23-10-12-26(28-19-23)27(31)30(20-25-11-9-22(4)32-25)24-14-17-29(18-15-24)16-13-21(2)3/h9-12,19,21,24H,5-8,13-18,20H2,1-4H3. The second kappa shape index (κ2) is 12.2. The summed E-state index contributed by atoms with van der Waals surface area (Å²) >= 11 is 0. The van der Waals surface area contributed by atoms with E-state index in [9.17, 15) is 4.79 Å². The van der Waals surface area contributed by atoms with Gasteiger partial charge >= 0.3 is 0 Å². The van der Waals surface area contributed by atoms with Crippen molar-refractivity contribution in [1.82, 2.24) is 14.8 Å². The minimum atomic E-state index is 0.0137. The number of unbranched alkanes of at least 4 members (excludes halogenated alkanes) is 2. The van der Waals surface area contributed by atoms with E-state index >= 15 is 0 Å². The van der Waals surface area contributed by atoms with Gasteiger partial charge in [-0.1, -0.05) is 39.7 Å². The summed E-state index contributed by atoms with van der Waals surface area (Å²) in [7, 11) is 0. The first kappa shape index (κ1) is 24.5. The van der Waals surface area contributed by atoms with Gasteiger partial charge in [-0.05, 0) is 75.3 Å². The highest BCUT2D eigenvalue weighted by atomic mass is 16.3. The van der Waals surface area contributed by atoms with Crippen molar-refractivity contribution in [3.05, 3.63) is 53.2 Å². The number of furan rings is 1. The molecule has 3 rings (SSSR count). The van der Waals surface area contributed by atoms with Crippen LogP contribution in [0.25, 0.3) is 0 Å². The number of hydrogen-bond donors (Lipinski definition) is 0. The number of hydrogen-bond acceptors (Lipinski definition) is 4. The van der Waals surface area contributed by atoms with E-state index in [4.69, 9.17) is 4.42 Å². The van der Waals surface area contributed by atoms with Crippen LogP contribution in [-0.2, 0) is 13.0 Å². The molecule has 0 saturated carbocycles. The summed E-state index contributed by atoms with van der Waals surface area (Å²) in [4.78, 5) is 22.6. The Morgan fingerprint density at radius 1 is 1.19 bits per heavy atom. The van der Waals surface area contributed by atoms with Gasteiger partial charge in [0.15, 0.2) is 0 Å². The Balaban J connectivity index is 1.68. The molecule has 1 aliphatic rings. The molecule has 0 aromatic carbocycles. The van der Waals surface area contributed by atoms with E-state index in [1.165, 1.54) is 31.2 Å². The Kier molecular flexibility index (Phi) is 9.34. The first-order valence-electron chi connectivity index (χ1n) is 12.5. The lowest BCUT2D eigenvalue weighted by Crippen LogP contribution is -2.47. The topological polar surface area (TPSA) is 49.6 Å². The molecular formula is C27H41N3O2. The molecule has 0 aliphatic carbocycles. The van der Waals surface area contributed by atoms with Crippen LogP contribution in [-0.4, -0.2) is 46.4 Å². The quantitative estimate of drug-likeness (QED) is 0.411. The molecular weight excluding hydrogens is 398 g/mol. The Morgan fingerprint density at radius 3 is 2.56 bits per heavy atom. The lowest BCUT2D eigenvalue weighted by molar-refractivity contribution is 0.0520. The van der Waals surface area contributed by atoms with Crippen molar-refractivity contribution in [2.24, 2.45) is 5.92 Å². The largest absolute Gasteiger partial charge is 0.464 e. The molecule has 2 aromatic rings. The number of pyridine rings is 1. The SMILES string of the molecule is CCCCCc1ccc(C(=O)N(Cc2ccc(C)o2)C2CCN(CCC(C)C)CC2)nc1. The van der Waals surface area contributed by atoms with E-state index in [1.54, 1.807) is 0 Å². The molecule has 5 heteroatoms. The van der Waals surface area contributed by atoms with E-state index in [1.807, 2.05) is 36.2 Å². The normalized spacial score (nSPS) is 15.4. The third kappa shape index (κ3) is 7.19. The number of carbonyl (C=O) groups is 1. The summed E-state index contributed by atoms with van der Waals surface area (Å²) in [6.07, 6.45) is 9.75. The number of nitrogens with zero attached hydrogens (tertiary/aromatic N) is 3. The van der Waals surface area contributed by atoms with Crippen LogP contribution in [0.15, 0.2) is 34.9 Å². The maximum Gasteiger partial charge on any atom is 0.273 e. The molecule has 5 nitrogen and oxygen atoms in total. The van der Waals surface area contributed by atoms with Gasteiger partial charge in [0.2, 0.25) is 0 Å². The average molecular weight is 440 g/mol. The second-order valence-electron chi connectivity index (χ2n) is 9.71. The van der Waals surface area contributed by atoms with Gasteiger partial charge in [0.05, 0.1) is 6.54 Å². The predicted molar refractivity (Wildman–Crippen MR) is 130 cm³/mol. The van der Waals surface area contributed by atoms with Crippen molar-refractivity contribution >= 4 is 5.91 Å². The Hall–Kier alpha value is -2.14. The molecule has 1 aliphatic heterocycles. The van der Waals surface area contributed by atoms with Crippen LogP contribution in [0.4, 0.5) is 0 Å². The molecule has 0 atom stereocenters. The summed E-state index contributed by atoms with van der Waals surface area (Å²) in [5.74, 6) is 2.46. The monoisotopic (exact) mass is 439 g/mol. The van der Waals surface area contributed by atoms with Crippen molar-refractivity contribution < 1.29 is 9.21 Å². The predicted octanol–water partition coefficient (Wildman–Crippen LogP) is 5.87. The molecule has 0 unspecified atom stereocenters. The van der Waals surface area contributed by atoms with Gasteiger partial charge in [0.25, 0.3) is 5.91 Å². The molecule has 176 valence electrons. The van der Waals surface area contributed by atoms with Gasteiger partial charge in [-0.25, -0.2) is 0 Å². The zero-order chi connectivity index (χ0) is 22.9. The zero-order valence-corrected chi connectivity index (χ0v) is 20.5. The van der Waals surface area contributed by atoms with Gasteiger partial charge in [0.1, 0.15) is 17.2 Å². The van der Waals surface area contributed by atoms with E-state index in [-0.39, 0.29) is 11.9 Å². The maximum absolute atomic E-state index is 13.5. The van der Waals surface area contributed by atoms with Crippen LogP contribution in [0.2, 0.25) is 0 Å². The first-order valence-corrected chi connectivity index (χ1v) is 12.5. The highest BCUT2D eigenvalue weighted by molar-refractivity contribution is 5.92. The number of amides is 1. The van der Waals surface area contributed by atoms with Gasteiger partial charge in [-0.15, -0.1) is 0 Å². The minimum absolute atomic E-state index is 0.0137. The van der Waals surface area contributed by atoms with E-state index < -0.39 is 0 Å². The number of carbonyl (C=O) groups excluding carboxylic acids is 1. The fraction of sp³-hybridized carbons (Fsp3) is 0.630. The first-order chi connectivity index (χ1) is 15.5. The van der Waals surface area contributed by atoms with E-state index in [0.29, 0.717) is 12.2 Å². The third-order valence-electron chi connectivity index (χ3n) is 6.52. The zero-order valence-electron chi connectivity index (χ0n) is 20.5. The summed E-state index contributed by atoms with van der Waals surface area (Å²) in [5.41, 5.74) is 1.75. The summed E-state index contributed by atoms with van der Waals surface area (Å²) < 4.78 is 5.83. The smallest absolute Gasteiger partial charge is 0.273 e. The van der Waals surface area contributed by atoms with Crippen molar-refractivity contribution in [3.8, 4) is 0 Å². The highest BCUT2D eigenvalue weighted by Crippen LogP contribution is 2.23. The van der Waals surface area contributed by atoms with Crippen molar-refractivity contribution in [2.75, 3.05) is 19.6 Å². The van der Waals surface area contributed by atoms with Gasteiger partial charge in [-0.3, -0.25) is 9.78 Å². The number of aryl methyl sites for hydroxylation is 2. The highest BCUT2D eigenvalue weighted by Gasteiger charge is 2.30. The van der Waals surface area contributed by atoms with Crippen molar-refractivity contribution in [3.63, 3.8) is 0 Å². The molecule has 32 heavy (non-hydrogen) atoms. The Labute approximate surface area is 194 Å². The van der Waals surface area contributed by atoms with Crippen LogP contribution in [0.5, 0.6) is 0 Å². The number of piperidine rings is 1. The number of rotatable bonds is 11. The van der Waals surface area contributed by atoms with E-state index in [0.717, 1.165) is 56.3 Å². The summed E-state index contributed by atoms with van der Waals surface area (Å²) in [6.45, 7) is 12.5. The number of aromatic nitrogens is 1. The van der Waals surface area contributed by atoms with Crippen LogP contribution >= 0.6 is 0 Å². The lowest BCUT2D eigenvalue weighted by atomic mass is 10.0. The van der Waals surface area contributed by atoms with Gasteiger partial charge < -0.3 is 14.2 Å². The lowest BCUT2D eigenvalue weighted by Gasteiger charge is -2.38. The molecule has 0 radical (unpaired) electrons. The Morgan fingerprint density at radius 2 is 1.97 bits per heavy atom. The number of likely N-dealkylation sites (tertiary alicyclic amines) is 1. The summed E-state index contributed by atoms with van der Waals surface area (Å²) in [6, 6.07) is 8.14. The van der Waals surface area contributed by atoms with Crippen LogP contribution in [0, 0.1) is 12.8 Å². The molecule has 1 fully saturated rings. The van der Waals surface area contributed by atoms with Crippen LogP contribution < -0.4 is 0 Å². The molecule has 0 bridgehead atoms. The van der Waals surface area contributed by atoms with Gasteiger partial charge in [-0.2, -0.15) is 0 Å². The fourth-order valence-corrected chi connectivity index (χ4v) is 4.43. The van der Waals surface area contributed by atoms with Crippen molar-refractivity contribution in [2.45, 2.75) is 85.2 Å². The van der Waals surface area contributed by atoms with Crippen molar-refractivity contribution in [1.29, 1.82) is 0 Å².